The van der Waals surface area contributed by atoms with Gasteiger partial charge in [-0.2, -0.15) is 4.98 Å². The Morgan fingerprint density at radius 1 is 0.933 bits per heavy atom. The molecule has 3 aromatic heterocycles. The van der Waals surface area contributed by atoms with E-state index in [4.69, 9.17) is 11.6 Å². The molecule has 0 spiro atoms. The zero-order valence-corrected chi connectivity index (χ0v) is 18.5. The van der Waals surface area contributed by atoms with E-state index < -0.39 is 0 Å². The average Bonchev–Trinajstić information content (AvgIpc) is 3.17. The molecule has 0 radical (unpaired) electrons. The van der Waals surface area contributed by atoms with Crippen LogP contribution < -0.4 is 9.80 Å². The first-order valence-corrected chi connectivity index (χ1v) is 11.3. The lowest BCUT2D eigenvalue weighted by Crippen LogP contribution is -2.47. The van der Waals surface area contributed by atoms with Crippen LogP contribution in [0.3, 0.4) is 0 Å². The van der Waals surface area contributed by atoms with Gasteiger partial charge < -0.3 is 9.80 Å². The molecule has 0 amide bonds. The van der Waals surface area contributed by atoms with E-state index >= 15 is 0 Å². The number of aromatic nitrogens is 3. The smallest absolute Gasteiger partial charge is 0.225 e. The molecule has 5 nitrogen and oxygen atoms in total. The second-order valence-electron chi connectivity index (χ2n) is 7.63. The van der Waals surface area contributed by atoms with Gasteiger partial charge in [-0.05, 0) is 48.7 Å². The summed E-state index contributed by atoms with van der Waals surface area (Å²) in [6, 6.07) is 12.6. The van der Waals surface area contributed by atoms with Crippen LogP contribution in [0.1, 0.15) is 11.1 Å². The molecule has 5 rings (SSSR count). The Labute approximate surface area is 185 Å². The summed E-state index contributed by atoms with van der Waals surface area (Å²) in [4.78, 5) is 19.3. The molecule has 4 heterocycles. The second-order valence-corrected chi connectivity index (χ2v) is 8.82. The van der Waals surface area contributed by atoms with Crippen LogP contribution in [0.5, 0.6) is 0 Å². The van der Waals surface area contributed by atoms with E-state index in [9.17, 15) is 0 Å². The molecule has 152 valence electrons. The number of pyridine rings is 1. The molecule has 1 fully saturated rings. The summed E-state index contributed by atoms with van der Waals surface area (Å²) in [5.41, 5.74) is 4.94. The van der Waals surface area contributed by atoms with Gasteiger partial charge in [-0.1, -0.05) is 29.8 Å². The molecule has 0 bridgehead atoms. The van der Waals surface area contributed by atoms with Gasteiger partial charge in [0.2, 0.25) is 5.28 Å². The fourth-order valence-corrected chi connectivity index (χ4v) is 5.28. The van der Waals surface area contributed by atoms with E-state index in [0.29, 0.717) is 5.28 Å². The van der Waals surface area contributed by atoms with Crippen molar-refractivity contribution in [2.45, 2.75) is 13.8 Å². The number of aryl methyl sites for hydroxylation is 2. The van der Waals surface area contributed by atoms with Gasteiger partial charge >= 0.3 is 0 Å². The van der Waals surface area contributed by atoms with Gasteiger partial charge in [0.15, 0.2) is 0 Å². The third-order valence-corrected chi connectivity index (χ3v) is 6.65. The fourth-order valence-electron chi connectivity index (χ4n) is 4.13. The van der Waals surface area contributed by atoms with Gasteiger partial charge in [0.05, 0.1) is 5.39 Å². The Bertz CT molecular complexity index is 1200. The van der Waals surface area contributed by atoms with Crippen LogP contribution in [0.4, 0.5) is 11.6 Å². The van der Waals surface area contributed by atoms with Crippen molar-refractivity contribution in [1.82, 2.24) is 15.0 Å². The number of halogens is 1. The highest BCUT2D eigenvalue weighted by atomic mass is 35.5. The van der Waals surface area contributed by atoms with Crippen LogP contribution >= 0.6 is 22.9 Å². The average molecular weight is 436 g/mol. The highest BCUT2D eigenvalue weighted by molar-refractivity contribution is 7.17. The third-order valence-electron chi connectivity index (χ3n) is 5.61. The number of benzene rings is 1. The van der Waals surface area contributed by atoms with Gasteiger partial charge in [0, 0.05) is 43.3 Å². The van der Waals surface area contributed by atoms with Gasteiger partial charge in [0.1, 0.15) is 16.5 Å². The van der Waals surface area contributed by atoms with Crippen molar-refractivity contribution >= 4 is 44.8 Å². The van der Waals surface area contributed by atoms with Crippen LogP contribution in [-0.2, 0) is 0 Å². The Morgan fingerprint density at radius 3 is 2.47 bits per heavy atom. The Morgan fingerprint density at radius 2 is 1.73 bits per heavy atom. The molecule has 0 saturated carbocycles. The molecule has 0 atom stereocenters. The monoisotopic (exact) mass is 435 g/mol. The van der Waals surface area contributed by atoms with Crippen molar-refractivity contribution in [3.63, 3.8) is 0 Å². The highest BCUT2D eigenvalue weighted by Gasteiger charge is 2.24. The molecule has 0 aliphatic carbocycles. The summed E-state index contributed by atoms with van der Waals surface area (Å²) in [5, 5.41) is 3.59. The minimum absolute atomic E-state index is 0.304. The lowest BCUT2D eigenvalue weighted by molar-refractivity contribution is 0.643. The van der Waals surface area contributed by atoms with E-state index in [1.165, 1.54) is 22.3 Å². The molecule has 30 heavy (non-hydrogen) atoms. The SMILES string of the molecule is Cc1ccc(-c2csc3nc(Cl)nc(N4CCN(c5ccccn5)CC4)c23)c(C)c1. The molecule has 7 heteroatoms. The standard InChI is InChI=1S/C23H22ClN5S/c1-15-6-7-17(16(2)13-15)18-14-30-22-20(18)21(26-23(24)27-22)29-11-9-28(10-12-29)19-5-3-4-8-25-19/h3-8,13-14H,9-12H2,1-2H3. The van der Waals surface area contributed by atoms with Gasteiger partial charge in [-0.15, -0.1) is 11.3 Å². The van der Waals surface area contributed by atoms with Crippen molar-refractivity contribution in [3.8, 4) is 11.1 Å². The molecule has 1 aromatic carbocycles. The number of rotatable bonds is 3. The van der Waals surface area contributed by atoms with Crippen molar-refractivity contribution in [1.29, 1.82) is 0 Å². The normalized spacial score (nSPS) is 14.5. The zero-order valence-electron chi connectivity index (χ0n) is 17.0. The summed E-state index contributed by atoms with van der Waals surface area (Å²) in [7, 11) is 0. The Hall–Kier alpha value is -2.70. The largest absolute Gasteiger partial charge is 0.353 e. The number of hydrogen-bond donors (Lipinski definition) is 0. The van der Waals surface area contributed by atoms with Crippen LogP contribution in [0.15, 0.2) is 48.0 Å². The lowest BCUT2D eigenvalue weighted by atomic mass is 9.99. The Balaban J connectivity index is 1.52. The highest BCUT2D eigenvalue weighted by Crippen LogP contribution is 2.40. The molecular weight excluding hydrogens is 414 g/mol. The van der Waals surface area contributed by atoms with Crippen LogP contribution in [0.25, 0.3) is 21.3 Å². The van der Waals surface area contributed by atoms with Crippen molar-refractivity contribution in [3.05, 3.63) is 64.4 Å². The number of fused-ring (bicyclic) bond motifs is 1. The summed E-state index contributed by atoms with van der Waals surface area (Å²) in [6.07, 6.45) is 1.84. The zero-order chi connectivity index (χ0) is 20.7. The predicted octanol–water partition coefficient (Wildman–Crippen LogP) is 5.35. The van der Waals surface area contributed by atoms with Gasteiger partial charge in [-0.25, -0.2) is 9.97 Å². The molecule has 1 aliphatic heterocycles. The number of anilines is 2. The molecule has 4 aromatic rings. The van der Waals surface area contributed by atoms with Crippen LogP contribution in [0.2, 0.25) is 5.28 Å². The van der Waals surface area contributed by atoms with E-state index in [1.54, 1.807) is 11.3 Å². The van der Waals surface area contributed by atoms with Crippen molar-refractivity contribution in [2.75, 3.05) is 36.0 Å². The number of piperazine rings is 1. The summed E-state index contributed by atoms with van der Waals surface area (Å²) >= 11 is 7.94. The topological polar surface area (TPSA) is 45.2 Å². The summed E-state index contributed by atoms with van der Waals surface area (Å²) in [6.45, 7) is 7.79. The van der Waals surface area contributed by atoms with Crippen LogP contribution in [0, 0.1) is 13.8 Å². The summed E-state index contributed by atoms with van der Waals surface area (Å²) < 4.78 is 0. The number of nitrogens with zero attached hydrogens (tertiary/aromatic N) is 5. The lowest BCUT2D eigenvalue weighted by Gasteiger charge is -2.36. The maximum atomic E-state index is 6.31. The predicted molar refractivity (Wildman–Crippen MR) is 126 cm³/mol. The first-order valence-electron chi connectivity index (χ1n) is 10.0. The van der Waals surface area contributed by atoms with Crippen molar-refractivity contribution < 1.29 is 0 Å². The first kappa shape index (κ1) is 19.3. The molecule has 1 saturated heterocycles. The quantitative estimate of drug-likeness (QED) is 0.406. The molecule has 0 unspecified atom stereocenters. The van der Waals surface area contributed by atoms with Crippen LogP contribution in [-0.4, -0.2) is 41.1 Å². The van der Waals surface area contributed by atoms with Gasteiger partial charge in [-0.3, -0.25) is 0 Å². The van der Waals surface area contributed by atoms with Gasteiger partial charge in [0.25, 0.3) is 0 Å². The third kappa shape index (κ3) is 3.50. The maximum absolute atomic E-state index is 6.31. The van der Waals surface area contributed by atoms with E-state index in [2.05, 4.69) is 68.2 Å². The fraction of sp³-hybridized carbons (Fsp3) is 0.261. The number of thiophene rings is 1. The summed E-state index contributed by atoms with van der Waals surface area (Å²) in [5.74, 6) is 1.96. The maximum Gasteiger partial charge on any atom is 0.225 e. The molecule has 0 N–H and O–H groups in total. The van der Waals surface area contributed by atoms with E-state index in [0.717, 1.165) is 48.0 Å². The van der Waals surface area contributed by atoms with E-state index in [-0.39, 0.29) is 0 Å². The second kappa shape index (κ2) is 7.85. The van der Waals surface area contributed by atoms with Crippen molar-refractivity contribution in [2.24, 2.45) is 0 Å². The Kier molecular flexibility index (Phi) is 5.05. The minimum Gasteiger partial charge on any atom is -0.353 e. The molecular formula is C23H22ClN5S. The number of hydrogen-bond acceptors (Lipinski definition) is 6. The molecule has 1 aliphatic rings. The van der Waals surface area contributed by atoms with E-state index in [1.807, 2.05) is 18.3 Å². The minimum atomic E-state index is 0.304. The first-order chi connectivity index (χ1) is 14.6.